The Kier molecular flexibility index (Phi) is 11.9. The summed E-state index contributed by atoms with van der Waals surface area (Å²) in [7, 11) is 1.53. The largest absolute Gasteiger partial charge is 0.468 e. The molecule has 13 heteroatoms. The summed E-state index contributed by atoms with van der Waals surface area (Å²) >= 11 is 1.46. The zero-order valence-electron chi connectivity index (χ0n) is 28.2. The Bertz CT molecular complexity index is 1420. The standard InChI is InChI=1S/C35H47N3O9S/c1-21-8-6-9-22(2)26(21)17-36-31(40)30-35(3,4)48-19-38(30)32(41)29(39)27(16-23-11-13-24(14-12-23)46-20-43-5)37-34(42)47-28-18-45-33-25(28)10-7-15-44-33/h6,8-9,11-14,25,27-30,33,39H,7,10,15-20H2,1-5H3,(H,36,40)(H,37,42)/t25-,27+,28-,29+,30-,33+/m1/s1. The molecule has 5 rings (SSSR count). The Morgan fingerprint density at radius 2 is 1.83 bits per heavy atom. The van der Waals surface area contributed by atoms with Gasteiger partial charge in [0.2, 0.25) is 5.91 Å². The Hall–Kier alpha value is -3.36. The van der Waals surface area contributed by atoms with Crippen molar-refractivity contribution in [1.82, 2.24) is 15.5 Å². The van der Waals surface area contributed by atoms with Gasteiger partial charge in [-0.2, -0.15) is 0 Å². The minimum Gasteiger partial charge on any atom is -0.468 e. The maximum absolute atomic E-state index is 14.1. The third kappa shape index (κ3) is 8.43. The molecular weight excluding hydrogens is 638 g/mol. The number of hydrogen-bond acceptors (Lipinski definition) is 10. The van der Waals surface area contributed by atoms with E-state index >= 15 is 0 Å². The van der Waals surface area contributed by atoms with E-state index in [2.05, 4.69) is 10.6 Å². The second-order valence-electron chi connectivity index (χ2n) is 13.1. The van der Waals surface area contributed by atoms with E-state index in [0.717, 1.165) is 35.1 Å². The lowest BCUT2D eigenvalue weighted by Gasteiger charge is -2.33. The first-order chi connectivity index (χ1) is 23.0. The molecule has 2 aromatic rings. The topological polar surface area (TPSA) is 145 Å². The van der Waals surface area contributed by atoms with Gasteiger partial charge in [-0.1, -0.05) is 30.3 Å². The average molecular weight is 686 g/mol. The number of rotatable bonds is 12. The second kappa shape index (κ2) is 15.9. The number of carbonyl (C=O) groups is 3. The maximum atomic E-state index is 14.1. The van der Waals surface area contributed by atoms with Crippen molar-refractivity contribution in [2.45, 2.75) is 88.8 Å². The van der Waals surface area contributed by atoms with E-state index in [1.165, 1.54) is 23.8 Å². The molecular formula is C35H47N3O9S. The minimum atomic E-state index is -1.67. The van der Waals surface area contributed by atoms with Gasteiger partial charge in [-0.05, 0) is 81.3 Å². The van der Waals surface area contributed by atoms with Gasteiger partial charge < -0.3 is 44.3 Å². The molecule has 0 unspecified atom stereocenters. The number of aryl methyl sites for hydroxylation is 2. The number of thioether (sulfide) groups is 1. The first-order valence-electron chi connectivity index (χ1n) is 16.3. The van der Waals surface area contributed by atoms with Gasteiger partial charge in [-0.15, -0.1) is 11.8 Å². The van der Waals surface area contributed by atoms with Crippen molar-refractivity contribution in [1.29, 1.82) is 0 Å². The molecule has 3 amide bonds. The molecule has 262 valence electrons. The molecule has 48 heavy (non-hydrogen) atoms. The predicted octanol–water partition coefficient (Wildman–Crippen LogP) is 3.43. The number of aliphatic hydroxyl groups is 1. The third-order valence-corrected chi connectivity index (χ3v) is 10.7. The van der Waals surface area contributed by atoms with Gasteiger partial charge in [0.1, 0.15) is 17.9 Å². The molecule has 0 aliphatic carbocycles. The van der Waals surface area contributed by atoms with E-state index < -0.39 is 47.3 Å². The lowest BCUT2D eigenvalue weighted by Crippen LogP contribution is -2.58. The highest BCUT2D eigenvalue weighted by Gasteiger charge is 2.50. The molecule has 0 radical (unpaired) electrons. The van der Waals surface area contributed by atoms with Gasteiger partial charge in [-0.25, -0.2) is 4.79 Å². The highest BCUT2D eigenvalue weighted by atomic mass is 32.2. The third-order valence-electron chi connectivity index (χ3n) is 9.30. The molecule has 3 heterocycles. The zero-order valence-corrected chi connectivity index (χ0v) is 29.0. The van der Waals surface area contributed by atoms with Crippen LogP contribution in [0.3, 0.4) is 0 Å². The highest BCUT2D eigenvalue weighted by molar-refractivity contribution is 8.00. The fourth-order valence-corrected chi connectivity index (χ4v) is 7.71. The Morgan fingerprint density at radius 3 is 2.54 bits per heavy atom. The summed E-state index contributed by atoms with van der Waals surface area (Å²) in [5, 5.41) is 17.4. The lowest BCUT2D eigenvalue weighted by molar-refractivity contribution is -0.152. The van der Waals surface area contributed by atoms with E-state index in [4.69, 9.17) is 23.7 Å². The molecule has 3 aliphatic heterocycles. The van der Waals surface area contributed by atoms with E-state index in [1.54, 1.807) is 24.3 Å². The number of carbonyl (C=O) groups excluding carboxylic acids is 3. The number of amides is 3. The first kappa shape index (κ1) is 35.9. The number of aliphatic hydroxyl groups excluding tert-OH is 1. The number of alkyl carbamates (subject to hydrolysis) is 1. The number of methoxy groups -OCH3 is 1. The number of benzene rings is 2. The number of nitrogens with one attached hydrogen (secondary N) is 2. The quantitative estimate of drug-likeness (QED) is 0.284. The molecule has 3 fully saturated rings. The lowest BCUT2D eigenvalue weighted by atomic mass is 9.96. The molecule has 0 bridgehead atoms. The minimum absolute atomic E-state index is 0.0827. The van der Waals surface area contributed by atoms with Gasteiger partial charge in [0.05, 0.1) is 18.5 Å². The van der Waals surface area contributed by atoms with Gasteiger partial charge >= 0.3 is 6.09 Å². The van der Waals surface area contributed by atoms with E-state index in [0.29, 0.717) is 18.9 Å². The zero-order chi connectivity index (χ0) is 34.4. The molecule has 3 saturated heterocycles. The van der Waals surface area contributed by atoms with Crippen molar-refractivity contribution < 1.29 is 43.2 Å². The van der Waals surface area contributed by atoms with Crippen LogP contribution in [-0.4, -0.2) is 96.2 Å². The average Bonchev–Trinajstić information content (AvgIpc) is 3.62. The fourth-order valence-electron chi connectivity index (χ4n) is 6.57. The Balaban J connectivity index is 1.31. The number of hydrogen-bond donors (Lipinski definition) is 3. The first-order valence-corrected chi connectivity index (χ1v) is 17.3. The molecule has 0 aromatic heterocycles. The number of ether oxygens (including phenoxy) is 5. The van der Waals surface area contributed by atoms with Crippen LogP contribution in [0.1, 0.15) is 48.9 Å². The van der Waals surface area contributed by atoms with E-state index in [-0.39, 0.29) is 37.5 Å². The molecule has 3 aliphatic rings. The van der Waals surface area contributed by atoms with E-state index in [9.17, 15) is 19.5 Å². The summed E-state index contributed by atoms with van der Waals surface area (Å²) in [6.45, 7) is 9.02. The molecule has 6 atom stereocenters. The van der Waals surface area contributed by atoms with Gasteiger partial charge in [0.15, 0.2) is 19.2 Å². The molecule has 0 spiro atoms. The smallest absolute Gasteiger partial charge is 0.407 e. The summed E-state index contributed by atoms with van der Waals surface area (Å²) in [5.74, 6) is -0.265. The van der Waals surface area contributed by atoms with Gasteiger partial charge in [-0.3, -0.25) is 9.59 Å². The van der Waals surface area contributed by atoms with Crippen LogP contribution in [-0.2, 0) is 41.5 Å². The molecule has 2 aromatic carbocycles. The van der Waals surface area contributed by atoms with Crippen LogP contribution in [0.15, 0.2) is 42.5 Å². The van der Waals surface area contributed by atoms with Crippen molar-refractivity contribution in [2.75, 3.05) is 33.0 Å². The normalized spacial score (nSPS) is 24.3. The van der Waals surface area contributed by atoms with Gasteiger partial charge in [0, 0.05) is 30.9 Å². The van der Waals surface area contributed by atoms with Crippen LogP contribution >= 0.6 is 11.8 Å². The highest BCUT2D eigenvalue weighted by Crippen LogP contribution is 2.40. The maximum Gasteiger partial charge on any atom is 0.407 e. The van der Waals surface area contributed by atoms with Crippen LogP contribution in [0, 0.1) is 19.8 Å². The summed E-state index contributed by atoms with van der Waals surface area (Å²) < 4.78 is 26.9. The molecule has 0 saturated carbocycles. The van der Waals surface area contributed by atoms with Crippen LogP contribution in [0.2, 0.25) is 0 Å². The summed E-state index contributed by atoms with van der Waals surface area (Å²) in [6.07, 6.45) is -1.61. The number of nitrogens with zero attached hydrogens (tertiary/aromatic N) is 1. The van der Waals surface area contributed by atoms with Gasteiger partial charge in [0.25, 0.3) is 5.91 Å². The van der Waals surface area contributed by atoms with Crippen LogP contribution in [0.25, 0.3) is 0 Å². The SMILES string of the molecule is COCOc1ccc(C[C@H](NC(=O)O[C@@H]2CO[C@@H]3OCCC[C@@H]32)[C@H](O)C(=O)N2CSC(C)(C)[C@H]2C(=O)NCc2c(C)cccc2C)cc1. The van der Waals surface area contributed by atoms with Crippen LogP contribution in [0.5, 0.6) is 5.75 Å². The van der Waals surface area contributed by atoms with Crippen molar-refractivity contribution in [3.05, 3.63) is 64.7 Å². The van der Waals surface area contributed by atoms with Crippen molar-refractivity contribution >= 4 is 29.7 Å². The fraction of sp³-hybridized carbons (Fsp3) is 0.571. The second-order valence-corrected chi connectivity index (χ2v) is 14.7. The van der Waals surface area contributed by atoms with Crippen molar-refractivity contribution in [3.63, 3.8) is 0 Å². The van der Waals surface area contributed by atoms with Crippen molar-refractivity contribution in [2.24, 2.45) is 5.92 Å². The summed E-state index contributed by atoms with van der Waals surface area (Å²) in [4.78, 5) is 42.5. The summed E-state index contributed by atoms with van der Waals surface area (Å²) in [6, 6.07) is 11.1. The summed E-state index contributed by atoms with van der Waals surface area (Å²) in [5.41, 5.74) is 3.88. The van der Waals surface area contributed by atoms with Crippen LogP contribution < -0.4 is 15.4 Å². The molecule has 12 nitrogen and oxygen atoms in total. The Labute approximate surface area is 286 Å². The Morgan fingerprint density at radius 1 is 1.10 bits per heavy atom. The molecule has 3 N–H and O–H groups in total. The van der Waals surface area contributed by atoms with Crippen molar-refractivity contribution in [3.8, 4) is 5.75 Å². The van der Waals surface area contributed by atoms with Crippen LogP contribution in [0.4, 0.5) is 4.79 Å². The van der Waals surface area contributed by atoms with E-state index in [1.807, 2.05) is 45.9 Å². The monoisotopic (exact) mass is 685 g/mol. The predicted molar refractivity (Wildman–Crippen MR) is 179 cm³/mol. The number of fused-ring (bicyclic) bond motifs is 1.